The lowest BCUT2D eigenvalue weighted by molar-refractivity contribution is 0.176. The number of hydrogen-bond donors (Lipinski definition) is 1. The standard InChI is InChI=1S/C19H26N4O/c1-14-4-5-18(12-15(14)2)21-19(24)22-9-6-17(7-10-22)13-23-11-8-20-16(23)3/h4-5,8,11-12,17H,6-7,9-10,13H2,1-3H3,(H,21,24). The van der Waals surface area contributed by atoms with Crippen molar-refractivity contribution in [2.24, 2.45) is 5.92 Å². The van der Waals surface area contributed by atoms with Gasteiger partial charge < -0.3 is 14.8 Å². The van der Waals surface area contributed by atoms with Crippen LogP contribution in [-0.4, -0.2) is 33.6 Å². The number of urea groups is 1. The minimum atomic E-state index is 0.00974. The van der Waals surface area contributed by atoms with Crippen LogP contribution in [-0.2, 0) is 6.54 Å². The Labute approximate surface area is 143 Å². The average Bonchev–Trinajstić information content (AvgIpc) is 2.97. The lowest BCUT2D eigenvalue weighted by atomic mass is 9.97. The molecule has 1 aliphatic rings. The molecule has 2 aromatic rings. The third kappa shape index (κ3) is 3.78. The molecule has 1 N–H and O–H groups in total. The van der Waals surface area contributed by atoms with Crippen LogP contribution in [0.1, 0.15) is 29.8 Å². The second kappa shape index (κ2) is 7.07. The van der Waals surface area contributed by atoms with E-state index in [4.69, 9.17) is 0 Å². The summed E-state index contributed by atoms with van der Waals surface area (Å²) < 4.78 is 2.20. The molecule has 5 nitrogen and oxygen atoms in total. The number of benzene rings is 1. The summed E-state index contributed by atoms with van der Waals surface area (Å²) in [5.74, 6) is 1.67. The second-order valence-corrected chi connectivity index (χ2v) is 6.79. The Kier molecular flexibility index (Phi) is 4.88. The molecule has 128 valence electrons. The molecule has 24 heavy (non-hydrogen) atoms. The largest absolute Gasteiger partial charge is 0.335 e. The lowest BCUT2D eigenvalue weighted by Gasteiger charge is -2.32. The van der Waals surface area contributed by atoms with E-state index < -0.39 is 0 Å². The fourth-order valence-corrected chi connectivity index (χ4v) is 3.22. The van der Waals surface area contributed by atoms with Crippen molar-refractivity contribution in [2.45, 2.75) is 40.2 Å². The lowest BCUT2D eigenvalue weighted by Crippen LogP contribution is -2.41. The van der Waals surface area contributed by atoms with E-state index in [0.717, 1.165) is 44.0 Å². The zero-order valence-corrected chi connectivity index (χ0v) is 14.7. The van der Waals surface area contributed by atoms with Crippen molar-refractivity contribution < 1.29 is 4.79 Å². The van der Waals surface area contributed by atoms with Crippen LogP contribution in [0, 0.1) is 26.7 Å². The van der Waals surface area contributed by atoms with Gasteiger partial charge in [0, 0.05) is 37.7 Å². The Bertz CT molecular complexity index is 714. The predicted molar refractivity (Wildman–Crippen MR) is 96.2 cm³/mol. The van der Waals surface area contributed by atoms with Gasteiger partial charge in [-0.15, -0.1) is 0 Å². The van der Waals surface area contributed by atoms with E-state index in [2.05, 4.69) is 28.7 Å². The number of amides is 2. The summed E-state index contributed by atoms with van der Waals surface area (Å²) in [6.45, 7) is 8.80. The van der Waals surface area contributed by atoms with Crippen molar-refractivity contribution in [3.63, 3.8) is 0 Å². The number of nitrogens with one attached hydrogen (secondary N) is 1. The summed E-state index contributed by atoms with van der Waals surface area (Å²) in [5.41, 5.74) is 3.31. The average molecular weight is 326 g/mol. The molecular formula is C19H26N4O. The molecule has 0 saturated carbocycles. The van der Waals surface area contributed by atoms with E-state index in [1.807, 2.05) is 42.4 Å². The molecule has 0 unspecified atom stereocenters. The first kappa shape index (κ1) is 16.6. The number of rotatable bonds is 3. The van der Waals surface area contributed by atoms with Crippen LogP contribution in [0.2, 0.25) is 0 Å². The number of hydrogen-bond acceptors (Lipinski definition) is 2. The topological polar surface area (TPSA) is 50.2 Å². The molecule has 0 aliphatic carbocycles. The molecule has 2 amide bonds. The van der Waals surface area contributed by atoms with Gasteiger partial charge >= 0.3 is 6.03 Å². The van der Waals surface area contributed by atoms with Gasteiger partial charge in [0.15, 0.2) is 0 Å². The smallest absolute Gasteiger partial charge is 0.321 e. The van der Waals surface area contributed by atoms with Crippen LogP contribution in [0.3, 0.4) is 0 Å². The monoisotopic (exact) mass is 326 g/mol. The molecule has 1 aromatic heterocycles. The van der Waals surface area contributed by atoms with Crippen molar-refractivity contribution in [3.05, 3.63) is 47.5 Å². The molecule has 1 aliphatic heterocycles. The molecule has 1 aromatic carbocycles. The van der Waals surface area contributed by atoms with Gasteiger partial charge in [0.25, 0.3) is 0 Å². The molecule has 3 rings (SSSR count). The van der Waals surface area contributed by atoms with Crippen LogP contribution >= 0.6 is 0 Å². The van der Waals surface area contributed by atoms with Crippen molar-refractivity contribution >= 4 is 11.7 Å². The van der Waals surface area contributed by atoms with E-state index in [0.29, 0.717) is 5.92 Å². The van der Waals surface area contributed by atoms with Crippen molar-refractivity contribution in [3.8, 4) is 0 Å². The van der Waals surface area contributed by atoms with E-state index in [1.165, 1.54) is 11.1 Å². The van der Waals surface area contributed by atoms with Gasteiger partial charge in [-0.05, 0) is 62.8 Å². The summed E-state index contributed by atoms with van der Waals surface area (Å²) in [7, 11) is 0. The highest BCUT2D eigenvalue weighted by Crippen LogP contribution is 2.21. The minimum absolute atomic E-state index is 0.00974. The Balaban J connectivity index is 1.51. The Hall–Kier alpha value is -2.30. The van der Waals surface area contributed by atoms with Gasteiger partial charge in [-0.25, -0.2) is 9.78 Å². The zero-order chi connectivity index (χ0) is 17.1. The molecule has 2 heterocycles. The highest BCUT2D eigenvalue weighted by Gasteiger charge is 2.23. The number of carbonyl (C=O) groups is 1. The van der Waals surface area contributed by atoms with Crippen LogP contribution < -0.4 is 5.32 Å². The summed E-state index contributed by atoms with van der Waals surface area (Å²) in [6.07, 6.45) is 5.96. The molecule has 0 spiro atoms. The zero-order valence-electron chi connectivity index (χ0n) is 14.7. The first-order valence-corrected chi connectivity index (χ1v) is 8.64. The third-order valence-electron chi connectivity index (χ3n) is 5.04. The minimum Gasteiger partial charge on any atom is -0.335 e. The first-order valence-electron chi connectivity index (χ1n) is 8.64. The van der Waals surface area contributed by atoms with Crippen LogP contribution in [0.15, 0.2) is 30.6 Å². The molecular weight excluding hydrogens is 300 g/mol. The number of imidazole rings is 1. The summed E-state index contributed by atoms with van der Waals surface area (Å²) in [4.78, 5) is 18.6. The second-order valence-electron chi connectivity index (χ2n) is 6.79. The van der Waals surface area contributed by atoms with Crippen molar-refractivity contribution in [1.29, 1.82) is 0 Å². The fourth-order valence-electron chi connectivity index (χ4n) is 3.22. The highest BCUT2D eigenvalue weighted by atomic mass is 16.2. The van der Waals surface area contributed by atoms with Gasteiger partial charge in [0.2, 0.25) is 0 Å². The maximum absolute atomic E-state index is 12.4. The predicted octanol–water partition coefficient (Wildman–Crippen LogP) is 3.75. The number of likely N-dealkylation sites (tertiary alicyclic amines) is 1. The Morgan fingerprint density at radius 3 is 2.58 bits per heavy atom. The molecule has 1 saturated heterocycles. The quantitative estimate of drug-likeness (QED) is 0.934. The molecule has 1 fully saturated rings. The number of anilines is 1. The number of nitrogens with zero attached hydrogens (tertiary/aromatic N) is 3. The fraction of sp³-hybridized carbons (Fsp3) is 0.474. The summed E-state index contributed by atoms with van der Waals surface area (Å²) in [6, 6.07) is 6.05. The molecule has 0 atom stereocenters. The van der Waals surface area contributed by atoms with E-state index in [-0.39, 0.29) is 6.03 Å². The van der Waals surface area contributed by atoms with Gasteiger partial charge in [-0.3, -0.25) is 0 Å². The van der Waals surface area contributed by atoms with Gasteiger partial charge in [0.05, 0.1) is 0 Å². The number of carbonyl (C=O) groups excluding carboxylic acids is 1. The number of piperidine rings is 1. The van der Waals surface area contributed by atoms with E-state index in [9.17, 15) is 4.79 Å². The van der Waals surface area contributed by atoms with E-state index in [1.54, 1.807) is 0 Å². The summed E-state index contributed by atoms with van der Waals surface area (Å²) in [5, 5.41) is 3.02. The highest BCUT2D eigenvalue weighted by molar-refractivity contribution is 5.89. The van der Waals surface area contributed by atoms with Gasteiger partial charge in [-0.2, -0.15) is 0 Å². The molecule has 0 radical (unpaired) electrons. The summed E-state index contributed by atoms with van der Waals surface area (Å²) >= 11 is 0. The molecule has 0 bridgehead atoms. The van der Waals surface area contributed by atoms with E-state index >= 15 is 0 Å². The molecule has 5 heteroatoms. The Morgan fingerprint density at radius 1 is 1.21 bits per heavy atom. The van der Waals surface area contributed by atoms with Crippen molar-refractivity contribution in [2.75, 3.05) is 18.4 Å². The van der Waals surface area contributed by atoms with Crippen LogP contribution in [0.5, 0.6) is 0 Å². The van der Waals surface area contributed by atoms with Crippen molar-refractivity contribution in [1.82, 2.24) is 14.5 Å². The third-order valence-corrected chi connectivity index (χ3v) is 5.04. The van der Waals surface area contributed by atoms with Crippen LogP contribution in [0.25, 0.3) is 0 Å². The van der Waals surface area contributed by atoms with Gasteiger partial charge in [-0.1, -0.05) is 6.07 Å². The maximum Gasteiger partial charge on any atom is 0.321 e. The normalized spacial score (nSPS) is 15.5. The first-order chi connectivity index (χ1) is 11.5. The number of aryl methyl sites for hydroxylation is 3. The number of aromatic nitrogens is 2. The van der Waals surface area contributed by atoms with Crippen LogP contribution in [0.4, 0.5) is 10.5 Å². The van der Waals surface area contributed by atoms with Gasteiger partial charge in [0.1, 0.15) is 5.82 Å². The maximum atomic E-state index is 12.4. The SMILES string of the molecule is Cc1ccc(NC(=O)N2CCC(Cn3ccnc3C)CC2)cc1C. The Morgan fingerprint density at radius 2 is 1.96 bits per heavy atom.